The molecule has 2 aromatic rings. The second-order valence-corrected chi connectivity index (χ2v) is 7.68. The van der Waals surface area contributed by atoms with Crippen LogP contribution >= 0.6 is 11.8 Å². The summed E-state index contributed by atoms with van der Waals surface area (Å²) in [5.74, 6) is 1.11. The Kier molecular flexibility index (Phi) is 6.76. The largest absolute Gasteiger partial charge is 0.323 e. The Morgan fingerprint density at radius 3 is 2.40 bits per heavy atom. The molecule has 0 amide bonds. The fourth-order valence-corrected chi connectivity index (χ4v) is 4.30. The summed E-state index contributed by atoms with van der Waals surface area (Å²) >= 11 is 1.83. The molecule has 4 heteroatoms. The Bertz CT molecular complexity index is 620. The first-order valence-corrected chi connectivity index (χ1v) is 10.4. The predicted molar refractivity (Wildman–Crippen MR) is 108 cm³/mol. The lowest BCUT2D eigenvalue weighted by Crippen LogP contribution is -2.35. The van der Waals surface area contributed by atoms with Crippen LogP contribution in [0.3, 0.4) is 0 Å². The van der Waals surface area contributed by atoms with Crippen molar-refractivity contribution in [3.8, 4) is 0 Å². The molecular weight excluding hydrogens is 326 g/mol. The Morgan fingerprint density at radius 2 is 1.64 bits per heavy atom. The Morgan fingerprint density at radius 1 is 0.920 bits per heavy atom. The van der Waals surface area contributed by atoms with E-state index >= 15 is 0 Å². The summed E-state index contributed by atoms with van der Waals surface area (Å²) in [6.45, 7) is 9.04. The van der Waals surface area contributed by atoms with E-state index in [1.165, 1.54) is 54.3 Å². The first kappa shape index (κ1) is 18.3. The number of aromatic nitrogens is 1. The Hall–Kier alpha value is -1.52. The highest BCUT2D eigenvalue weighted by Crippen LogP contribution is 2.46. The van der Waals surface area contributed by atoms with Crippen molar-refractivity contribution >= 4 is 23.3 Å². The van der Waals surface area contributed by atoms with E-state index in [0.717, 1.165) is 18.9 Å². The van der Waals surface area contributed by atoms with Crippen molar-refractivity contribution in [3.63, 3.8) is 0 Å². The van der Waals surface area contributed by atoms with E-state index in [2.05, 4.69) is 59.0 Å². The topological polar surface area (TPSA) is 19.4 Å². The minimum absolute atomic E-state index is 0.995. The summed E-state index contributed by atoms with van der Waals surface area (Å²) in [4.78, 5) is 12.3. The van der Waals surface area contributed by atoms with Gasteiger partial charge in [0.25, 0.3) is 0 Å². The smallest absolute Gasteiger partial charge is 0.147 e. The highest BCUT2D eigenvalue weighted by atomic mass is 32.2. The van der Waals surface area contributed by atoms with Crippen LogP contribution in [0.4, 0.5) is 11.5 Å². The second kappa shape index (κ2) is 9.25. The van der Waals surface area contributed by atoms with Crippen molar-refractivity contribution in [2.75, 3.05) is 31.1 Å². The number of para-hydroxylation sites is 1. The number of fused-ring (bicyclic) bond motifs is 2. The molecule has 2 heterocycles. The number of rotatable bonds is 9. The van der Waals surface area contributed by atoms with Crippen molar-refractivity contribution in [1.82, 2.24) is 9.88 Å². The molecule has 1 aliphatic rings. The average Bonchev–Trinajstić information content (AvgIpc) is 2.66. The van der Waals surface area contributed by atoms with Gasteiger partial charge in [-0.3, -0.25) is 0 Å². The Balaban J connectivity index is 1.76. The minimum Gasteiger partial charge on any atom is -0.323 e. The summed E-state index contributed by atoms with van der Waals surface area (Å²) in [5.41, 5.74) is 1.30. The van der Waals surface area contributed by atoms with Crippen molar-refractivity contribution in [1.29, 1.82) is 0 Å². The third-order valence-electron chi connectivity index (χ3n) is 4.68. The van der Waals surface area contributed by atoms with Gasteiger partial charge in [-0.15, -0.1) is 0 Å². The molecule has 0 unspecified atom stereocenters. The van der Waals surface area contributed by atoms with E-state index in [1.54, 1.807) is 0 Å². The van der Waals surface area contributed by atoms with E-state index in [-0.39, 0.29) is 0 Å². The van der Waals surface area contributed by atoms with E-state index < -0.39 is 0 Å². The second-order valence-electron chi connectivity index (χ2n) is 6.60. The number of pyridine rings is 1. The highest BCUT2D eigenvalue weighted by molar-refractivity contribution is 7.99. The zero-order valence-electron chi connectivity index (χ0n) is 15.4. The third-order valence-corrected chi connectivity index (χ3v) is 5.78. The van der Waals surface area contributed by atoms with Gasteiger partial charge < -0.3 is 9.80 Å². The lowest BCUT2D eigenvalue weighted by molar-refractivity contribution is 0.272. The molecule has 0 spiro atoms. The zero-order chi connectivity index (χ0) is 17.5. The van der Waals surface area contributed by atoms with Gasteiger partial charge in [-0.1, -0.05) is 50.6 Å². The molecule has 0 aliphatic carbocycles. The van der Waals surface area contributed by atoms with Gasteiger partial charge in [0.1, 0.15) is 5.82 Å². The SMILES string of the molecule is CCCCN(CCCC)CCN1c2ccccc2Sc2cccnc21. The summed E-state index contributed by atoms with van der Waals surface area (Å²) in [6, 6.07) is 12.9. The molecule has 0 bridgehead atoms. The molecule has 3 rings (SSSR count). The van der Waals surface area contributed by atoms with Crippen LogP contribution in [0, 0.1) is 0 Å². The predicted octanol–water partition coefficient (Wildman–Crippen LogP) is 5.59. The lowest BCUT2D eigenvalue weighted by Gasteiger charge is -2.33. The Labute approximate surface area is 156 Å². The minimum atomic E-state index is 0.995. The summed E-state index contributed by atoms with van der Waals surface area (Å²) in [6.07, 6.45) is 6.99. The first-order chi connectivity index (χ1) is 12.3. The number of anilines is 2. The van der Waals surface area contributed by atoms with Crippen molar-refractivity contribution in [2.24, 2.45) is 0 Å². The number of benzene rings is 1. The number of hydrogen-bond acceptors (Lipinski definition) is 4. The van der Waals surface area contributed by atoms with Gasteiger partial charge in [-0.2, -0.15) is 0 Å². The molecule has 0 fully saturated rings. The normalized spacial score (nSPS) is 13.0. The average molecular weight is 356 g/mol. The van der Waals surface area contributed by atoms with Crippen LogP contribution in [0.5, 0.6) is 0 Å². The van der Waals surface area contributed by atoms with Crippen LogP contribution in [-0.4, -0.2) is 36.1 Å². The molecular formula is C21H29N3S. The van der Waals surface area contributed by atoms with Crippen LogP contribution < -0.4 is 4.90 Å². The maximum Gasteiger partial charge on any atom is 0.147 e. The van der Waals surface area contributed by atoms with Crippen molar-refractivity contribution in [2.45, 2.75) is 49.3 Å². The summed E-state index contributed by atoms with van der Waals surface area (Å²) < 4.78 is 0. The van der Waals surface area contributed by atoms with Crippen LogP contribution in [0.15, 0.2) is 52.4 Å². The van der Waals surface area contributed by atoms with Crippen molar-refractivity contribution < 1.29 is 0 Å². The molecule has 1 aliphatic heterocycles. The molecule has 3 nitrogen and oxygen atoms in total. The molecule has 0 saturated carbocycles. The van der Waals surface area contributed by atoms with Crippen LogP contribution in [0.2, 0.25) is 0 Å². The van der Waals surface area contributed by atoms with Crippen LogP contribution in [0.1, 0.15) is 39.5 Å². The fraction of sp³-hybridized carbons (Fsp3) is 0.476. The lowest BCUT2D eigenvalue weighted by atomic mass is 10.2. The monoisotopic (exact) mass is 355 g/mol. The molecule has 0 radical (unpaired) electrons. The molecule has 134 valence electrons. The zero-order valence-corrected chi connectivity index (χ0v) is 16.3. The molecule has 1 aromatic carbocycles. The van der Waals surface area contributed by atoms with Crippen LogP contribution in [-0.2, 0) is 0 Å². The van der Waals surface area contributed by atoms with Crippen LogP contribution in [0.25, 0.3) is 0 Å². The van der Waals surface area contributed by atoms with Gasteiger partial charge in [0.05, 0.1) is 10.6 Å². The summed E-state index contributed by atoms with van der Waals surface area (Å²) in [7, 11) is 0. The number of nitrogens with zero attached hydrogens (tertiary/aromatic N) is 3. The van der Waals surface area contributed by atoms with E-state index in [9.17, 15) is 0 Å². The third kappa shape index (κ3) is 4.56. The van der Waals surface area contributed by atoms with Gasteiger partial charge in [0.2, 0.25) is 0 Å². The standard InChI is InChI=1S/C21H29N3S/c1-3-5-14-23(15-6-4-2)16-17-24-18-10-7-8-11-19(18)25-20-12-9-13-22-21(20)24/h7-13H,3-6,14-17H2,1-2H3. The van der Waals surface area contributed by atoms with Gasteiger partial charge in [0.15, 0.2) is 0 Å². The van der Waals surface area contributed by atoms with E-state index in [4.69, 9.17) is 0 Å². The first-order valence-electron chi connectivity index (χ1n) is 9.55. The molecule has 0 N–H and O–H groups in total. The summed E-state index contributed by atoms with van der Waals surface area (Å²) in [5, 5.41) is 0. The molecule has 1 aromatic heterocycles. The molecule has 0 saturated heterocycles. The van der Waals surface area contributed by atoms with Gasteiger partial charge in [0, 0.05) is 24.2 Å². The number of unbranched alkanes of at least 4 members (excludes halogenated alkanes) is 2. The maximum absolute atomic E-state index is 4.69. The van der Waals surface area contributed by atoms with Crippen molar-refractivity contribution in [3.05, 3.63) is 42.6 Å². The van der Waals surface area contributed by atoms with E-state index in [0.29, 0.717) is 0 Å². The van der Waals surface area contributed by atoms with Gasteiger partial charge >= 0.3 is 0 Å². The van der Waals surface area contributed by atoms with Gasteiger partial charge in [-0.05, 0) is 50.2 Å². The quantitative estimate of drug-likeness (QED) is 0.584. The highest BCUT2D eigenvalue weighted by Gasteiger charge is 2.24. The van der Waals surface area contributed by atoms with Gasteiger partial charge in [-0.25, -0.2) is 4.98 Å². The molecule has 0 atom stereocenters. The van der Waals surface area contributed by atoms with E-state index in [1.807, 2.05) is 24.0 Å². The molecule has 25 heavy (non-hydrogen) atoms. The number of hydrogen-bond donors (Lipinski definition) is 0. The maximum atomic E-state index is 4.69. The fourth-order valence-electron chi connectivity index (χ4n) is 3.23.